The van der Waals surface area contributed by atoms with Gasteiger partial charge in [-0.15, -0.1) is 0 Å². The highest BCUT2D eigenvalue weighted by Crippen LogP contribution is 2.42. The molecule has 3 aliphatic carbocycles. The number of fused-ring (bicyclic) bond motifs is 1. The van der Waals surface area contributed by atoms with E-state index in [4.69, 9.17) is 0 Å². The molecule has 0 aromatic rings. The lowest BCUT2D eigenvalue weighted by Crippen LogP contribution is -2.49. The molecule has 3 unspecified atom stereocenters. The van der Waals surface area contributed by atoms with Gasteiger partial charge in [-0.2, -0.15) is 0 Å². The maximum absolute atomic E-state index is 11.4. The van der Waals surface area contributed by atoms with Gasteiger partial charge in [-0.1, -0.05) is 12.2 Å². The first kappa shape index (κ1) is 10.3. The fourth-order valence-corrected chi connectivity index (χ4v) is 2.88. The molecule has 0 heterocycles. The minimum atomic E-state index is 0.258. The standard InChI is InChI=1S/C13H20N2O/c16-13(9-4-5-9)15-7-6-14-12-8-10-2-1-3-11(10)12/h1,3,9-12,14H,2,4-8H2,(H,15,16). The summed E-state index contributed by atoms with van der Waals surface area (Å²) in [5, 5.41) is 6.53. The summed E-state index contributed by atoms with van der Waals surface area (Å²) in [4.78, 5) is 11.4. The van der Waals surface area contributed by atoms with Crippen LogP contribution in [0.25, 0.3) is 0 Å². The number of carbonyl (C=O) groups excluding carboxylic acids is 1. The summed E-state index contributed by atoms with van der Waals surface area (Å²) in [6.07, 6.45) is 9.45. The number of nitrogens with one attached hydrogen (secondary N) is 2. The zero-order valence-corrected chi connectivity index (χ0v) is 9.61. The molecule has 3 aliphatic rings. The molecule has 0 aliphatic heterocycles. The van der Waals surface area contributed by atoms with Crippen molar-refractivity contribution in [2.75, 3.05) is 13.1 Å². The number of hydrogen-bond donors (Lipinski definition) is 2. The predicted molar refractivity (Wildman–Crippen MR) is 62.9 cm³/mol. The molecule has 0 bridgehead atoms. The number of rotatable bonds is 5. The number of allylic oxidation sites excluding steroid dienone is 1. The fourth-order valence-electron chi connectivity index (χ4n) is 2.88. The van der Waals surface area contributed by atoms with E-state index in [1.165, 1.54) is 12.8 Å². The van der Waals surface area contributed by atoms with E-state index >= 15 is 0 Å². The summed E-state index contributed by atoms with van der Waals surface area (Å²) >= 11 is 0. The molecule has 3 nitrogen and oxygen atoms in total. The lowest BCUT2D eigenvalue weighted by Gasteiger charge is -2.40. The van der Waals surface area contributed by atoms with Gasteiger partial charge in [0.15, 0.2) is 0 Å². The molecule has 2 saturated carbocycles. The summed E-state index contributed by atoms with van der Waals surface area (Å²) in [6, 6.07) is 0.668. The predicted octanol–water partition coefficient (Wildman–Crippen LogP) is 1.07. The van der Waals surface area contributed by atoms with Gasteiger partial charge in [0.1, 0.15) is 0 Å². The van der Waals surface area contributed by atoms with E-state index in [-0.39, 0.29) is 5.91 Å². The van der Waals surface area contributed by atoms with Crippen LogP contribution in [0.1, 0.15) is 25.7 Å². The van der Waals surface area contributed by atoms with Gasteiger partial charge in [0.05, 0.1) is 0 Å². The molecule has 1 amide bonds. The SMILES string of the molecule is O=C(NCCNC1CC2CC=CC21)C1CC1. The average Bonchev–Trinajstić information content (AvgIpc) is 3.03. The Hall–Kier alpha value is -0.830. The van der Waals surface area contributed by atoms with Crippen LogP contribution in [0, 0.1) is 17.8 Å². The first-order valence-corrected chi connectivity index (χ1v) is 6.52. The molecule has 2 fully saturated rings. The van der Waals surface area contributed by atoms with Crippen LogP contribution in [0.3, 0.4) is 0 Å². The smallest absolute Gasteiger partial charge is 0.223 e. The second kappa shape index (κ2) is 4.21. The molecule has 0 spiro atoms. The van der Waals surface area contributed by atoms with E-state index in [1.807, 2.05) is 0 Å². The topological polar surface area (TPSA) is 41.1 Å². The molecule has 0 aromatic heterocycles. The molecule has 0 aromatic carbocycles. The third-order valence-electron chi connectivity index (χ3n) is 4.14. The van der Waals surface area contributed by atoms with Crippen LogP contribution < -0.4 is 10.6 Å². The largest absolute Gasteiger partial charge is 0.355 e. The van der Waals surface area contributed by atoms with E-state index in [0.717, 1.165) is 37.8 Å². The maximum Gasteiger partial charge on any atom is 0.223 e. The van der Waals surface area contributed by atoms with E-state index in [9.17, 15) is 4.79 Å². The van der Waals surface area contributed by atoms with E-state index in [0.29, 0.717) is 12.0 Å². The Bertz CT molecular complexity index is 309. The zero-order valence-electron chi connectivity index (χ0n) is 9.61. The fraction of sp³-hybridized carbons (Fsp3) is 0.769. The Morgan fingerprint density at radius 3 is 2.94 bits per heavy atom. The number of amides is 1. The van der Waals surface area contributed by atoms with Crippen LogP contribution >= 0.6 is 0 Å². The molecule has 3 heteroatoms. The summed E-state index contributed by atoms with van der Waals surface area (Å²) in [5.41, 5.74) is 0. The van der Waals surface area contributed by atoms with Crippen molar-refractivity contribution in [3.05, 3.63) is 12.2 Å². The minimum absolute atomic E-state index is 0.258. The Labute approximate surface area is 96.7 Å². The lowest BCUT2D eigenvalue weighted by molar-refractivity contribution is -0.122. The molecule has 3 atom stereocenters. The third kappa shape index (κ3) is 2.01. The van der Waals surface area contributed by atoms with Gasteiger partial charge >= 0.3 is 0 Å². The summed E-state index contributed by atoms with van der Waals surface area (Å²) in [7, 11) is 0. The molecular formula is C13H20N2O. The number of carbonyl (C=O) groups is 1. The van der Waals surface area contributed by atoms with Crippen molar-refractivity contribution in [1.29, 1.82) is 0 Å². The maximum atomic E-state index is 11.4. The summed E-state index contributed by atoms with van der Waals surface area (Å²) in [6.45, 7) is 1.70. The highest BCUT2D eigenvalue weighted by Gasteiger charge is 2.40. The van der Waals surface area contributed by atoms with Gasteiger partial charge in [-0.3, -0.25) is 4.79 Å². The van der Waals surface area contributed by atoms with Crippen LogP contribution in [0.2, 0.25) is 0 Å². The average molecular weight is 220 g/mol. The molecule has 16 heavy (non-hydrogen) atoms. The Morgan fingerprint density at radius 2 is 2.19 bits per heavy atom. The summed E-state index contributed by atoms with van der Waals surface area (Å²) in [5.74, 6) is 2.29. The van der Waals surface area contributed by atoms with Crippen molar-refractivity contribution < 1.29 is 4.79 Å². The van der Waals surface area contributed by atoms with Crippen LogP contribution in [0.15, 0.2) is 12.2 Å². The lowest BCUT2D eigenvalue weighted by atomic mass is 9.71. The Kier molecular flexibility index (Phi) is 2.72. The second-order valence-electron chi connectivity index (χ2n) is 5.36. The van der Waals surface area contributed by atoms with E-state index < -0.39 is 0 Å². The molecule has 2 N–H and O–H groups in total. The molecular weight excluding hydrogens is 200 g/mol. The zero-order chi connectivity index (χ0) is 11.0. The van der Waals surface area contributed by atoms with Crippen molar-refractivity contribution in [2.45, 2.75) is 31.7 Å². The van der Waals surface area contributed by atoms with Crippen LogP contribution in [0.4, 0.5) is 0 Å². The Balaban J connectivity index is 1.29. The quantitative estimate of drug-likeness (QED) is 0.537. The van der Waals surface area contributed by atoms with Gasteiger partial charge in [-0.05, 0) is 37.5 Å². The molecule has 3 rings (SSSR count). The van der Waals surface area contributed by atoms with Gasteiger partial charge in [-0.25, -0.2) is 0 Å². The van der Waals surface area contributed by atoms with Crippen molar-refractivity contribution in [3.63, 3.8) is 0 Å². The Morgan fingerprint density at radius 1 is 1.31 bits per heavy atom. The van der Waals surface area contributed by atoms with Gasteiger partial charge < -0.3 is 10.6 Å². The van der Waals surface area contributed by atoms with Crippen LogP contribution in [-0.2, 0) is 4.79 Å². The molecule has 0 saturated heterocycles. The van der Waals surface area contributed by atoms with Crippen molar-refractivity contribution >= 4 is 5.91 Å². The van der Waals surface area contributed by atoms with Gasteiger partial charge in [0.25, 0.3) is 0 Å². The van der Waals surface area contributed by atoms with E-state index in [1.54, 1.807) is 0 Å². The summed E-state index contributed by atoms with van der Waals surface area (Å²) < 4.78 is 0. The highest BCUT2D eigenvalue weighted by atomic mass is 16.2. The minimum Gasteiger partial charge on any atom is -0.355 e. The van der Waals surface area contributed by atoms with Crippen LogP contribution in [0.5, 0.6) is 0 Å². The van der Waals surface area contributed by atoms with Crippen molar-refractivity contribution in [2.24, 2.45) is 17.8 Å². The highest BCUT2D eigenvalue weighted by molar-refractivity contribution is 5.80. The van der Waals surface area contributed by atoms with Crippen molar-refractivity contribution in [3.8, 4) is 0 Å². The normalized spacial score (nSPS) is 35.6. The monoisotopic (exact) mass is 220 g/mol. The molecule has 0 radical (unpaired) electrons. The van der Waals surface area contributed by atoms with Gasteiger partial charge in [0.2, 0.25) is 5.91 Å². The first-order chi connectivity index (χ1) is 7.84. The third-order valence-corrected chi connectivity index (χ3v) is 4.14. The second-order valence-corrected chi connectivity index (χ2v) is 5.36. The number of hydrogen-bond acceptors (Lipinski definition) is 2. The van der Waals surface area contributed by atoms with Crippen molar-refractivity contribution in [1.82, 2.24) is 10.6 Å². The molecule has 88 valence electrons. The van der Waals surface area contributed by atoms with Gasteiger partial charge in [0, 0.05) is 25.0 Å². The van der Waals surface area contributed by atoms with E-state index in [2.05, 4.69) is 22.8 Å². The van der Waals surface area contributed by atoms with Crippen LogP contribution in [-0.4, -0.2) is 25.0 Å². The first-order valence-electron chi connectivity index (χ1n) is 6.52.